The zero-order valence-electron chi connectivity index (χ0n) is 9.55. The van der Waals surface area contributed by atoms with Crippen LogP contribution in [-0.4, -0.2) is 6.04 Å². The lowest BCUT2D eigenvalue weighted by Gasteiger charge is -2.22. The van der Waals surface area contributed by atoms with Crippen LogP contribution in [0.4, 0.5) is 11.4 Å². The molecule has 0 aliphatic carbocycles. The number of rotatable bonds is 4. The molecule has 3 heteroatoms. The summed E-state index contributed by atoms with van der Waals surface area (Å²) in [6.07, 6.45) is 1.19. The van der Waals surface area contributed by atoms with E-state index in [9.17, 15) is 0 Å². The number of nitrogen functional groups attached to an aromatic ring is 1. The summed E-state index contributed by atoms with van der Waals surface area (Å²) in [5.74, 6) is 0.679. The van der Waals surface area contributed by atoms with E-state index in [4.69, 9.17) is 5.73 Å². The fraction of sp³-hybridized carbons (Fsp3) is 0.500. The minimum absolute atomic E-state index is 0.493. The Balaban J connectivity index is 2.72. The van der Waals surface area contributed by atoms with E-state index < -0.39 is 0 Å². The third-order valence-corrected chi connectivity index (χ3v) is 3.77. The molecule has 2 unspecified atom stereocenters. The van der Waals surface area contributed by atoms with Gasteiger partial charge in [0.15, 0.2) is 0 Å². The largest absolute Gasteiger partial charge is 0.399 e. The molecule has 2 nitrogen and oxygen atoms in total. The molecule has 0 aliphatic heterocycles. The Morgan fingerprint density at radius 1 is 1.40 bits per heavy atom. The Kier molecular flexibility index (Phi) is 4.70. The third-order valence-electron chi connectivity index (χ3n) is 2.87. The fourth-order valence-electron chi connectivity index (χ4n) is 1.39. The standard InChI is InChI=1S/C12H19IN2/c1-4-8(2)9(3)15-12-6-5-10(14)7-11(12)13/h5-9,15H,4,14H2,1-3H3. The predicted molar refractivity (Wildman–Crippen MR) is 76.1 cm³/mol. The van der Waals surface area contributed by atoms with Crippen LogP contribution in [0.3, 0.4) is 0 Å². The second kappa shape index (κ2) is 5.58. The Morgan fingerprint density at radius 3 is 2.60 bits per heavy atom. The quantitative estimate of drug-likeness (QED) is 0.656. The van der Waals surface area contributed by atoms with E-state index in [1.165, 1.54) is 15.7 Å². The monoisotopic (exact) mass is 318 g/mol. The smallest absolute Gasteiger partial charge is 0.0479 e. The average molecular weight is 318 g/mol. The zero-order valence-corrected chi connectivity index (χ0v) is 11.7. The van der Waals surface area contributed by atoms with E-state index in [0.717, 1.165) is 5.69 Å². The minimum atomic E-state index is 0.493. The summed E-state index contributed by atoms with van der Waals surface area (Å²) < 4.78 is 1.18. The summed E-state index contributed by atoms with van der Waals surface area (Å²) in [6.45, 7) is 6.71. The van der Waals surface area contributed by atoms with Crippen molar-refractivity contribution in [1.82, 2.24) is 0 Å². The van der Waals surface area contributed by atoms with Gasteiger partial charge in [-0.25, -0.2) is 0 Å². The number of hydrogen-bond donors (Lipinski definition) is 2. The predicted octanol–water partition coefficient (Wildman–Crippen LogP) is 3.72. The molecule has 0 bridgehead atoms. The van der Waals surface area contributed by atoms with Gasteiger partial charge in [0, 0.05) is 21.0 Å². The molecular formula is C12H19IN2. The normalized spacial score (nSPS) is 14.7. The first-order valence-electron chi connectivity index (χ1n) is 5.36. The van der Waals surface area contributed by atoms with Gasteiger partial charge in [-0.2, -0.15) is 0 Å². The lowest BCUT2D eigenvalue weighted by molar-refractivity contribution is 0.494. The molecule has 0 saturated carbocycles. The van der Waals surface area contributed by atoms with Gasteiger partial charge in [-0.05, 0) is 53.6 Å². The maximum absolute atomic E-state index is 5.71. The number of benzene rings is 1. The summed E-state index contributed by atoms with van der Waals surface area (Å²) in [5.41, 5.74) is 7.71. The second-order valence-corrected chi connectivity index (χ2v) is 5.22. The van der Waals surface area contributed by atoms with E-state index >= 15 is 0 Å². The van der Waals surface area contributed by atoms with Crippen LogP contribution in [0.25, 0.3) is 0 Å². The lowest BCUT2D eigenvalue weighted by atomic mass is 10.0. The maximum atomic E-state index is 5.71. The molecule has 15 heavy (non-hydrogen) atoms. The lowest BCUT2D eigenvalue weighted by Crippen LogP contribution is -2.23. The first kappa shape index (κ1) is 12.6. The average Bonchev–Trinajstić information content (AvgIpc) is 2.20. The van der Waals surface area contributed by atoms with E-state index in [1.807, 2.05) is 12.1 Å². The number of anilines is 2. The van der Waals surface area contributed by atoms with E-state index in [2.05, 4.69) is 54.7 Å². The SMILES string of the molecule is CCC(C)C(C)Nc1ccc(N)cc1I. The van der Waals surface area contributed by atoms with E-state index in [-0.39, 0.29) is 0 Å². The van der Waals surface area contributed by atoms with E-state index in [0.29, 0.717) is 12.0 Å². The first-order valence-corrected chi connectivity index (χ1v) is 6.44. The second-order valence-electron chi connectivity index (χ2n) is 4.06. The van der Waals surface area contributed by atoms with Crippen LogP contribution in [-0.2, 0) is 0 Å². The molecule has 1 aromatic carbocycles. The van der Waals surface area contributed by atoms with E-state index in [1.54, 1.807) is 0 Å². The molecule has 1 rings (SSSR count). The molecule has 84 valence electrons. The first-order chi connectivity index (χ1) is 7.04. The van der Waals surface area contributed by atoms with Gasteiger partial charge in [-0.3, -0.25) is 0 Å². The van der Waals surface area contributed by atoms with Crippen LogP contribution in [0, 0.1) is 9.49 Å². The van der Waals surface area contributed by atoms with Crippen LogP contribution in [0.5, 0.6) is 0 Å². The molecule has 0 saturated heterocycles. The minimum Gasteiger partial charge on any atom is -0.399 e. The van der Waals surface area contributed by atoms with Crippen molar-refractivity contribution in [2.75, 3.05) is 11.1 Å². The molecule has 3 N–H and O–H groups in total. The maximum Gasteiger partial charge on any atom is 0.0479 e. The Labute approximate surface area is 106 Å². The van der Waals surface area contributed by atoms with Gasteiger partial charge in [0.25, 0.3) is 0 Å². The summed E-state index contributed by atoms with van der Waals surface area (Å²) >= 11 is 2.31. The highest BCUT2D eigenvalue weighted by molar-refractivity contribution is 14.1. The summed E-state index contributed by atoms with van der Waals surface area (Å²) in [7, 11) is 0. The van der Waals surface area contributed by atoms with Crippen molar-refractivity contribution in [1.29, 1.82) is 0 Å². The van der Waals surface area contributed by atoms with Gasteiger partial charge < -0.3 is 11.1 Å². The molecule has 2 atom stereocenters. The van der Waals surface area contributed by atoms with Gasteiger partial charge in [0.05, 0.1) is 0 Å². The molecule has 0 amide bonds. The van der Waals surface area contributed by atoms with Crippen LogP contribution >= 0.6 is 22.6 Å². The number of nitrogens with one attached hydrogen (secondary N) is 1. The van der Waals surface area contributed by atoms with Gasteiger partial charge in [-0.15, -0.1) is 0 Å². The van der Waals surface area contributed by atoms with Crippen LogP contribution in [0.2, 0.25) is 0 Å². The highest BCUT2D eigenvalue weighted by Crippen LogP contribution is 2.23. The molecule has 0 spiro atoms. The summed E-state index contributed by atoms with van der Waals surface area (Å²) in [6, 6.07) is 6.47. The van der Waals surface area contributed by atoms with Crippen molar-refractivity contribution in [2.24, 2.45) is 5.92 Å². The molecule has 0 radical (unpaired) electrons. The van der Waals surface area contributed by atoms with Crippen LogP contribution in [0.1, 0.15) is 27.2 Å². The van der Waals surface area contributed by atoms with Gasteiger partial charge in [0.1, 0.15) is 0 Å². The Bertz CT molecular complexity index is 325. The highest BCUT2D eigenvalue weighted by Gasteiger charge is 2.10. The number of halogens is 1. The molecular weight excluding hydrogens is 299 g/mol. The number of nitrogens with two attached hydrogens (primary N) is 1. The van der Waals surface area contributed by atoms with Gasteiger partial charge in [0.2, 0.25) is 0 Å². The highest BCUT2D eigenvalue weighted by atomic mass is 127. The number of hydrogen-bond acceptors (Lipinski definition) is 2. The third kappa shape index (κ3) is 3.55. The van der Waals surface area contributed by atoms with Crippen LogP contribution in [0.15, 0.2) is 18.2 Å². The van der Waals surface area contributed by atoms with Crippen molar-refractivity contribution >= 4 is 34.0 Å². The fourth-order valence-corrected chi connectivity index (χ4v) is 2.08. The molecule has 0 aliphatic rings. The van der Waals surface area contributed by atoms with Gasteiger partial charge >= 0.3 is 0 Å². The van der Waals surface area contributed by atoms with Crippen molar-refractivity contribution in [3.63, 3.8) is 0 Å². The summed E-state index contributed by atoms with van der Waals surface area (Å²) in [5, 5.41) is 3.52. The molecule has 0 fully saturated rings. The Hall–Kier alpha value is -0.450. The van der Waals surface area contributed by atoms with Crippen molar-refractivity contribution in [3.8, 4) is 0 Å². The van der Waals surface area contributed by atoms with Crippen LogP contribution < -0.4 is 11.1 Å². The zero-order chi connectivity index (χ0) is 11.4. The molecule has 1 aromatic rings. The Morgan fingerprint density at radius 2 is 2.07 bits per heavy atom. The van der Waals surface area contributed by atoms with Crippen molar-refractivity contribution in [3.05, 3.63) is 21.8 Å². The summed E-state index contributed by atoms with van der Waals surface area (Å²) in [4.78, 5) is 0. The van der Waals surface area contributed by atoms with Crippen molar-refractivity contribution < 1.29 is 0 Å². The van der Waals surface area contributed by atoms with Crippen molar-refractivity contribution in [2.45, 2.75) is 33.2 Å². The topological polar surface area (TPSA) is 38.0 Å². The molecule has 0 aromatic heterocycles. The molecule has 0 heterocycles. The van der Waals surface area contributed by atoms with Gasteiger partial charge in [-0.1, -0.05) is 20.3 Å².